The van der Waals surface area contributed by atoms with Gasteiger partial charge in [0.05, 0.1) is 11.9 Å². The first-order valence-electron chi connectivity index (χ1n) is 10.2. The Bertz CT molecular complexity index is 851. The van der Waals surface area contributed by atoms with Gasteiger partial charge in [-0.1, -0.05) is 6.07 Å². The summed E-state index contributed by atoms with van der Waals surface area (Å²) in [5, 5.41) is 12.1. The summed E-state index contributed by atoms with van der Waals surface area (Å²) in [6.07, 6.45) is 6.54. The summed E-state index contributed by atoms with van der Waals surface area (Å²) in [6.45, 7) is 4.21. The molecule has 2 aliphatic rings. The van der Waals surface area contributed by atoms with Gasteiger partial charge in [-0.25, -0.2) is 0 Å². The number of fused-ring (bicyclic) bond motifs is 1. The Morgan fingerprint density at radius 2 is 2.14 bits per heavy atom. The summed E-state index contributed by atoms with van der Waals surface area (Å²) in [5.41, 5.74) is 2.39. The maximum absolute atomic E-state index is 12.4. The van der Waals surface area contributed by atoms with Gasteiger partial charge in [-0.05, 0) is 54.7 Å². The number of carbonyl (C=O) groups excluding carboxylic acids is 1. The fourth-order valence-electron chi connectivity index (χ4n) is 5.05. The number of hydrogen-bond acceptors (Lipinski definition) is 4. The van der Waals surface area contributed by atoms with Crippen molar-refractivity contribution in [1.82, 2.24) is 14.4 Å². The molecule has 0 radical (unpaired) electrons. The Labute approximate surface area is 171 Å². The molecule has 1 amide bonds. The lowest BCUT2D eigenvalue weighted by Crippen LogP contribution is -2.59. The van der Waals surface area contributed by atoms with Crippen molar-refractivity contribution in [2.45, 2.75) is 31.9 Å². The van der Waals surface area contributed by atoms with E-state index in [0.29, 0.717) is 12.3 Å². The number of likely N-dealkylation sites (tertiary alicyclic amines) is 2. The Balaban J connectivity index is 1.48. The molecular weight excluding hydrogens is 370 g/mol. The second-order valence-electron chi connectivity index (χ2n) is 8.55. The largest absolute Gasteiger partial charge is 0.392 e. The maximum Gasteiger partial charge on any atom is 0.232 e. The maximum atomic E-state index is 12.4. The summed E-state index contributed by atoms with van der Waals surface area (Å²) in [4.78, 5) is 16.9. The molecule has 2 aliphatic heterocycles. The first-order chi connectivity index (χ1) is 13.5. The van der Waals surface area contributed by atoms with E-state index in [0.717, 1.165) is 45.4 Å². The Morgan fingerprint density at radius 1 is 1.29 bits per heavy atom. The molecule has 1 spiro atoms. The highest BCUT2D eigenvalue weighted by atomic mass is 32.2. The van der Waals surface area contributed by atoms with Crippen molar-refractivity contribution in [3.05, 3.63) is 36.0 Å². The summed E-state index contributed by atoms with van der Waals surface area (Å²) in [7, 11) is 2.07. The molecule has 1 aromatic carbocycles. The molecule has 0 saturated carbocycles. The van der Waals surface area contributed by atoms with E-state index < -0.39 is 0 Å². The van der Waals surface area contributed by atoms with Crippen LogP contribution in [0.5, 0.6) is 0 Å². The Hall–Kier alpha value is -1.50. The van der Waals surface area contributed by atoms with Crippen LogP contribution in [0.2, 0.25) is 0 Å². The minimum absolute atomic E-state index is 0.179. The Morgan fingerprint density at radius 3 is 2.96 bits per heavy atom. The number of aryl methyl sites for hydroxylation is 1. The molecule has 1 aromatic heterocycles. The smallest absolute Gasteiger partial charge is 0.232 e. The van der Waals surface area contributed by atoms with Crippen LogP contribution < -0.4 is 0 Å². The van der Waals surface area contributed by atoms with Crippen molar-refractivity contribution < 1.29 is 9.90 Å². The van der Waals surface area contributed by atoms with Crippen molar-refractivity contribution in [1.29, 1.82) is 0 Å². The van der Waals surface area contributed by atoms with Gasteiger partial charge in [-0.2, -0.15) is 11.8 Å². The minimum atomic E-state index is -0.315. The summed E-state index contributed by atoms with van der Waals surface area (Å²) in [5.74, 6) is 0.748. The average molecular weight is 402 g/mol. The van der Waals surface area contributed by atoms with Gasteiger partial charge in [0.25, 0.3) is 0 Å². The molecule has 28 heavy (non-hydrogen) atoms. The zero-order valence-electron chi connectivity index (χ0n) is 16.9. The Kier molecular flexibility index (Phi) is 5.72. The molecule has 5 nitrogen and oxygen atoms in total. The van der Waals surface area contributed by atoms with Crippen LogP contribution in [-0.4, -0.2) is 69.7 Å². The third kappa shape index (κ3) is 3.82. The number of amides is 1. The number of aliphatic hydroxyl groups is 1. The van der Waals surface area contributed by atoms with Crippen molar-refractivity contribution >= 4 is 28.6 Å². The van der Waals surface area contributed by atoms with E-state index in [9.17, 15) is 9.90 Å². The van der Waals surface area contributed by atoms with Gasteiger partial charge in [0.15, 0.2) is 0 Å². The van der Waals surface area contributed by atoms with E-state index in [2.05, 4.69) is 47.0 Å². The quantitative estimate of drug-likeness (QED) is 0.856. The highest BCUT2D eigenvalue weighted by Crippen LogP contribution is 2.39. The number of carbonyl (C=O) groups is 1. The first kappa shape index (κ1) is 19.8. The van der Waals surface area contributed by atoms with Crippen LogP contribution in [0.25, 0.3) is 10.9 Å². The first-order valence-corrected chi connectivity index (χ1v) is 11.6. The van der Waals surface area contributed by atoms with Crippen LogP contribution >= 0.6 is 11.8 Å². The van der Waals surface area contributed by atoms with E-state index in [4.69, 9.17) is 0 Å². The second-order valence-corrected chi connectivity index (χ2v) is 9.42. The molecule has 2 atom stereocenters. The van der Waals surface area contributed by atoms with Crippen LogP contribution in [0.3, 0.4) is 0 Å². The third-order valence-electron chi connectivity index (χ3n) is 6.55. The SMILES string of the molecule is CSCC(=O)N1CCC[C@@]2(CN(Cc3ccc4c(ccn4C)c3)CC[C@H]2O)C1. The van der Waals surface area contributed by atoms with E-state index in [1.807, 2.05) is 11.2 Å². The van der Waals surface area contributed by atoms with Gasteiger partial charge >= 0.3 is 0 Å². The van der Waals surface area contributed by atoms with Gasteiger partial charge in [-0.15, -0.1) is 0 Å². The van der Waals surface area contributed by atoms with E-state index >= 15 is 0 Å². The topological polar surface area (TPSA) is 48.7 Å². The van der Waals surface area contributed by atoms with Crippen LogP contribution in [0.4, 0.5) is 0 Å². The molecule has 152 valence electrons. The molecule has 2 saturated heterocycles. The molecule has 1 N–H and O–H groups in total. The highest BCUT2D eigenvalue weighted by molar-refractivity contribution is 7.99. The fourth-order valence-corrected chi connectivity index (χ4v) is 5.48. The molecule has 2 aromatic rings. The number of benzene rings is 1. The van der Waals surface area contributed by atoms with Gasteiger partial charge in [0.1, 0.15) is 0 Å². The molecule has 2 fully saturated rings. The van der Waals surface area contributed by atoms with E-state index in [1.54, 1.807) is 11.8 Å². The van der Waals surface area contributed by atoms with Gasteiger partial charge in [0.2, 0.25) is 5.91 Å². The van der Waals surface area contributed by atoms with Gasteiger partial charge < -0.3 is 14.6 Å². The van der Waals surface area contributed by atoms with Crippen LogP contribution in [0, 0.1) is 5.41 Å². The molecule has 0 bridgehead atoms. The molecule has 4 rings (SSSR count). The number of piperidine rings is 2. The number of nitrogens with zero attached hydrogens (tertiary/aromatic N) is 3. The monoisotopic (exact) mass is 401 g/mol. The summed E-state index contributed by atoms with van der Waals surface area (Å²) in [6, 6.07) is 8.86. The zero-order valence-corrected chi connectivity index (χ0v) is 17.7. The number of aliphatic hydroxyl groups excluding tert-OH is 1. The fraction of sp³-hybridized carbons (Fsp3) is 0.591. The van der Waals surface area contributed by atoms with Crippen molar-refractivity contribution in [3.63, 3.8) is 0 Å². The molecular formula is C22H31N3O2S. The van der Waals surface area contributed by atoms with E-state index in [1.165, 1.54) is 16.5 Å². The minimum Gasteiger partial charge on any atom is -0.392 e. The highest BCUT2D eigenvalue weighted by Gasteiger charge is 2.46. The standard InChI is InChI=1S/C22H31N3O2S/c1-23-10-6-18-12-17(4-5-19(18)23)13-24-11-7-20(26)22(15-24)8-3-9-25(16-22)21(27)14-28-2/h4-6,10,12,20,26H,3,7-9,11,13-16H2,1-2H3/t20-,22-/m1/s1. The summed E-state index contributed by atoms with van der Waals surface area (Å²) < 4.78 is 2.15. The molecule has 0 aliphatic carbocycles. The van der Waals surface area contributed by atoms with Crippen molar-refractivity contribution in [2.75, 3.05) is 38.2 Å². The average Bonchev–Trinajstić information content (AvgIpc) is 3.05. The molecule has 0 unspecified atom stereocenters. The van der Waals surface area contributed by atoms with Crippen molar-refractivity contribution in [3.8, 4) is 0 Å². The second kappa shape index (κ2) is 8.09. The number of hydrogen-bond donors (Lipinski definition) is 1. The van der Waals surface area contributed by atoms with Crippen LogP contribution in [0.15, 0.2) is 30.5 Å². The van der Waals surface area contributed by atoms with Gasteiger partial charge in [-0.3, -0.25) is 9.69 Å². The summed E-state index contributed by atoms with van der Waals surface area (Å²) >= 11 is 1.58. The molecule has 6 heteroatoms. The zero-order chi connectivity index (χ0) is 19.7. The van der Waals surface area contributed by atoms with Gasteiger partial charge in [0, 0.05) is 56.9 Å². The predicted octanol–water partition coefficient (Wildman–Crippen LogP) is 2.72. The van der Waals surface area contributed by atoms with Crippen LogP contribution in [-0.2, 0) is 18.4 Å². The number of aromatic nitrogens is 1. The molecule has 3 heterocycles. The predicted molar refractivity (Wildman–Crippen MR) is 115 cm³/mol. The number of rotatable bonds is 4. The lowest BCUT2D eigenvalue weighted by molar-refractivity contribution is -0.138. The normalized spacial score (nSPS) is 26.2. The number of thioether (sulfide) groups is 1. The van der Waals surface area contributed by atoms with Crippen molar-refractivity contribution in [2.24, 2.45) is 12.5 Å². The third-order valence-corrected chi connectivity index (χ3v) is 7.08. The van der Waals surface area contributed by atoms with E-state index in [-0.39, 0.29) is 17.4 Å². The van der Waals surface area contributed by atoms with Crippen LogP contribution in [0.1, 0.15) is 24.8 Å². The lowest BCUT2D eigenvalue weighted by Gasteiger charge is -2.51. The lowest BCUT2D eigenvalue weighted by atomic mass is 9.71.